The molecule has 1 aromatic carbocycles. The maximum absolute atomic E-state index is 12.8. The molecule has 0 aliphatic carbocycles. The Morgan fingerprint density at radius 2 is 1.76 bits per heavy atom. The molecular formula is C20H29N3O4S2. The number of nitrogens with one attached hydrogen (secondary N) is 2. The van der Waals surface area contributed by atoms with Crippen molar-refractivity contribution in [3.63, 3.8) is 0 Å². The lowest BCUT2D eigenvalue weighted by atomic mass is 10.0. The van der Waals surface area contributed by atoms with E-state index < -0.39 is 9.84 Å². The average Bonchev–Trinajstić information content (AvgIpc) is 2.97. The quantitative estimate of drug-likeness (QED) is 0.658. The molecule has 9 heteroatoms. The van der Waals surface area contributed by atoms with Crippen LogP contribution in [-0.2, 0) is 19.4 Å². The van der Waals surface area contributed by atoms with Gasteiger partial charge in [0.25, 0.3) is 0 Å². The molecule has 0 saturated carbocycles. The molecule has 2 saturated heterocycles. The molecular weight excluding hydrogens is 410 g/mol. The summed E-state index contributed by atoms with van der Waals surface area (Å²) in [7, 11) is -3.14. The van der Waals surface area contributed by atoms with Crippen LogP contribution in [0.2, 0.25) is 0 Å². The molecule has 3 unspecified atom stereocenters. The SMILES string of the molecule is CC(=O)Nc1ccc(SC(C)C(=O)NC2CS(=O)(=O)CC2N2CCCCC2)cc1. The van der Waals surface area contributed by atoms with Crippen LogP contribution in [0.15, 0.2) is 29.2 Å². The Labute approximate surface area is 176 Å². The predicted octanol–water partition coefficient (Wildman–Crippen LogP) is 1.89. The molecule has 0 radical (unpaired) electrons. The molecule has 2 aliphatic rings. The van der Waals surface area contributed by atoms with E-state index in [-0.39, 0.29) is 40.7 Å². The molecule has 7 nitrogen and oxygen atoms in total. The van der Waals surface area contributed by atoms with E-state index >= 15 is 0 Å². The van der Waals surface area contributed by atoms with Crippen LogP contribution >= 0.6 is 11.8 Å². The van der Waals surface area contributed by atoms with Crippen LogP contribution in [0.25, 0.3) is 0 Å². The lowest BCUT2D eigenvalue weighted by Crippen LogP contribution is -2.53. The van der Waals surface area contributed by atoms with Crippen LogP contribution in [-0.4, -0.2) is 67.1 Å². The minimum atomic E-state index is -3.14. The maximum Gasteiger partial charge on any atom is 0.233 e. The van der Waals surface area contributed by atoms with Crippen molar-refractivity contribution >= 4 is 39.1 Å². The van der Waals surface area contributed by atoms with E-state index in [1.807, 2.05) is 19.1 Å². The van der Waals surface area contributed by atoms with E-state index in [0.717, 1.165) is 30.8 Å². The van der Waals surface area contributed by atoms with Crippen molar-refractivity contribution in [2.75, 3.05) is 29.9 Å². The Hall–Kier alpha value is -1.58. The first-order valence-corrected chi connectivity index (χ1v) is 12.7. The molecule has 2 aliphatic heterocycles. The highest BCUT2D eigenvalue weighted by Gasteiger charge is 2.42. The van der Waals surface area contributed by atoms with Gasteiger partial charge in [0.1, 0.15) is 0 Å². The fourth-order valence-electron chi connectivity index (χ4n) is 3.95. The first-order valence-electron chi connectivity index (χ1n) is 10.0. The summed E-state index contributed by atoms with van der Waals surface area (Å²) < 4.78 is 24.5. The van der Waals surface area contributed by atoms with Crippen molar-refractivity contribution in [1.29, 1.82) is 0 Å². The molecule has 2 fully saturated rings. The van der Waals surface area contributed by atoms with Gasteiger partial charge in [0.15, 0.2) is 9.84 Å². The largest absolute Gasteiger partial charge is 0.350 e. The van der Waals surface area contributed by atoms with Gasteiger partial charge in [0.2, 0.25) is 11.8 Å². The Bertz CT molecular complexity index is 836. The van der Waals surface area contributed by atoms with Gasteiger partial charge in [0.05, 0.1) is 22.8 Å². The van der Waals surface area contributed by atoms with Gasteiger partial charge in [0, 0.05) is 23.5 Å². The standard InChI is InChI=1S/C20H29N3O4S2/c1-14(28-17-8-6-16(7-9-17)21-15(2)24)20(25)22-18-12-29(26,27)13-19(18)23-10-4-3-5-11-23/h6-9,14,18-19H,3-5,10-13H2,1-2H3,(H,21,24)(H,22,25). The zero-order valence-corrected chi connectivity index (χ0v) is 18.5. The number of benzene rings is 1. The highest BCUT2D eigenvalue weighted by molar-refractivity contribution is 8.00. The summed E-state index contributed by atoms with van der Waals surface area (Å²) in [4.78, 5) is 27.0. The molecule has 1 aromatic rings. The number of carbonyl (C=O) groups excluding carboxylic acids is 2. The second-order valence-corrected chi connectivity index (χ2v) is 11.4. The number of anilines is 1. The second kappa shape index (κ2) is 9.49. The lowest BCUT2D eigenvalue weighted by Gasteiger charge is -2.35. The van der Waals surface area contributed by atoms with Crippen molar-refractivity contribution in [1.82, 2.24) is 10.2 Å². The van der Waals surface area contributed by atoms with Crippen LogP contribution in [0.5, 0.6) is 0 Å². The minimum Gasteiger partial charge on any atom is -0.350 e. The fourth-order valence-corrected chi connectivity index (χ4v) is 6.78. The van der Waals surface area contributed by atoms with E-state index in [9.17, 15) is 18.0 Å². The third-order valence-corrected chi connectivity index (χ3v) is 8.20. The minimum absolute atomic E-state index is 0.0166. The van der Waals surface area contributed by atoms with Gasteiger partial charge >= 0.3 is 0 Å². The first-order chi connectivity index (χ1) is 13.7. The summed E-state index contributed by atoms with van der Waals surface area (Å²) in [5.74, 6) is -0.134. The third-order valence-electron chi connectivity index (χ3n) is 5.37. The van der Waals surface area contributed by atoms with Crippen molar-refractivity contribution in [2.24, 2.45) is 0 Å². The Balaban J connectivity index is 1.59. The van der Waals surface area contributed by atoms with Crippen LogP contribution in [0.3, 0.4) is 0 Å². The van der Waals surface area contributed by atoms with E-state index in [4.69, 9.17) is 0 Å². The summed E-state index contributed by atoms with van der Waals surface area (Å²) in [5.41, 5.74) is 0.708. The van der Waals surface area contributed by atoms with Gasteiger partial charge in [-0.1, -0.05) is 6.42 Å². The number of hydrogen-bond donors (Lipinski definition) is 2. The van der Waals surface area contributed by atoms with Crippen LogP contribution < -0.4 is 10.6 Å². The van der Waals surface area contributed by atoms with Crippen LogP contribution in [0, 0.1) is 0 Å². The number of piperidine rings is 1. The van der Waals surface area contributed by atoms with E-state index in [1.165, 1.54) is 25.1 Å². The van der Waals surface area contributed by atoms with E-state index in [1.54, 1.807) is 12.1 Å². The van der Waals surface area contributed by atoms with Gasteiger partial charge in [-0.2, -0.15) is 0 Å². The van der Waals surface area contributed by atoms with Gasteiger partial charge in [-0.3, -0.25) is 14.5 Å². The predicted molar refractivity (Wildman–Crippen MR) is 116 cm³/mol. The topological polar surface area (TPSA) is 95.6 Å². The fraction of sp³-hybridized carbons (Fsp3) is 0.600. The number of hydrogen-bond acceptors (Lipinski definition) is 6. The number of nitrogens with zero attached hydrogens (tertiary/aromatic N) is 1. The third kappa shape index (κ3) is 6.20. The highest BCUT2D eigenvalue weighted by Crippen LogP contribution is 2.26. The number of rotatable bonds is 6. The molecule has 0 bridgehead atoms. The lowest BCUT2D eigenvalue weighted by molar-refractivity contribution is -0.121. The molecule has 2 amide bonds. The van der Waals surface area contributed by atoms with Gasteiger partial charge < -0.3 is 10.6 Å². The zero-order chi connectivity index (χ0) is 21.0. The van der Waals surface area contributed by atoms with Crippen LogP contribution in [0.1, 0.15) is 33.1 Å². The molecule has 2 N–H and O–H groups in total. The Kier molecular flexibility index (Phi) is 7.23. The summed E-state index contributed by atoms with van der Waals surface area (Å²) in [6.45, 7) is 5.07. The van der Waals surface area contributed by atoms with E-state index in [0.29, 0.717) is 5.69 Å². The monoisotopic (exact) mass is 439 g/mol. The molecule has 2 heterocycles. The molecule has 0 spiro atoms. The number of amides is 2. The van der Waals surface area contributed by atoms with Crippen molar-refractivity contribution in [3.8, 4) is 0 Å². The molecule has 0 aromatic heterocycles. The van der Waals surface area contributed by atoms with Crippen molar-refractivity contribution in [2.45, 2.75) is 55.3 Å². The summed E-state index contributed by atoms with van der Waals surface area (Å²) in [6.07, 6.45) is 3.34. The second-order valence-electron chi connectivity index (χ2n) is 7.82. The average molecular weight is 440 g/mol. The van der Waals surface area contributed by atoms with E-state index in [2.05, 4.69) is 15.5 Å². The Morgan fingerprint density at radius 3 is 2.38 bits per heavy atom. The molecule has 3 rings (SSSR count). The normalized spacial score (nSPS) is 25.3. The first kappa shape index (κ1) is 22.1. The maximum atomic E-state index is 12.8. The highest BCUT2D eigenvalue weighted by atomic mass is 32.2. The zero-order valence-electron chi connectivity index (χ0n) is 16.9. The molecule has 160 valence electrons. The summed E-state index contributed by atoms with van der Waals surface area (Å²) in [5, 5.41) is 5.36. The number of thioether (sulfide) groups is 1. The molecule has 29 heavy (non-hydrogen) atoms. The van der Waals surface area contributed by atoms with Gasteiger partial charge in [-0.05, 0) is 57.1 Å². The van der Waals surface area contributed by atoms with Gasteiger partial charge in [-0.25, -0.2) is 8.42 Å². The number of likely N-dealkylation sites (tertiary alicyclic amines) is 1. The van der Waals surface area contributed by atoms with Crippen molar-refractivity contribution in [3.05, 3.63) is 24.3 Å². The summed E-state index contributed by atoms with van der Waals surface area (Å²) >= 11 is 1.41. The van der Waals surface area contributed by atoms with Crippen LogP contribution in [0.4, 0.5) is 5.69 Å². The Morgan fingerprint density at radius 1 is 1.10 bits per heavy atom. The van der Waals surface area contributed by atoms with Gasteiger partial charge in [-0.15, -0.1) is 11.8 Å². The number of sulfone groups is 1. The van der Waals surface area contributed by atoms with Crippen molar-refractivity contribution < 1.29 is 18.0 Å². The number of carbonyl (C=O) groups is 2. The molecule has 3 atom stereocenters. The summed E-state index contributed by atoms with van der Waals surface area (Å²) in [6, 6.07) is 6.83. The smallest absolute Gasteiger partial charge is 0.233 e.